The van der Waals surface area contributed by atoms with Crippen LogP contribution in [0.3, 0.4) is 0 Å². The molecule has 1 atom stereocenters. The van der Waals surface area contributed by atoms with E-state index in [1.807, 2.05) is 19.2 Å². The second-order valence-corrected chi connectivity index (χ2v) is 5.74. The van der Waals surface area contributed by atoms with Gasteiger partial charge in [-0.3, -0.25) is 0 Å². The van der Waals surface area contributed by atoms with Crippen molar-refractivity contribution in [3.8, 4) is 5.75 Å². The summed E-state index contributed by atoms with van der Waals surface area (Å²) in [6, 6.07) is 8.52. The Bertz CT molecular complexity index is 541. The van der Waals surface area contributed by atoms with Crippen molar-refractivity contribution in [1.82, 2.24) is 20.1 Å². The highest BCUT2D eigenvalue weighted by Gasteiger charge is 2.13. The van der Waals surface area contributed by atoms with Crippen molar-refractivity contribution in [2.45, 2.75) is 24.5 Å². The number of aromatic nitrogens is 3. The Balaban J connectivity index is 2.04. The first kappa shape index (κ1) is 15.9. The lowest BCUT2D eigenvalue weighted by molar-refractivity contribution is 0.414. The molecule has 0 aliphatic carbocycles. The molecule has 0 fully saturated rings. The summed E-state index contributed by atoms with van der Waals surface area (Å²) in [7, 11) is 3.60. The van der Waals surface area contributed by atoms with Crippen LogP contribution in [0.4, 0.5) is 0 Å². The van der Waals surface area contributed by atoms with E-state index >= 15 is 0 Å². The lowest BCUT2D eigenvalue weighted by Crippen LogP contribution is -2.24. The van der Waals surface area contributed by atoms with Gasteiger partial charge in [0.25, 0.3) is 0 Å². The third-order valence-corrected chi connectivity index (χ3v) is 4.34. The van der Waals surface area contributed by atoms with Crippen LogP contribution in [0.25, 0.3) is 0 Å². The summed E-state index contributed by atoms with van der Waals surface area (Å²) in [4.78, 5) is 4.26. The lowest BCUT2D eigenvalue weighted by Gasteiger charge is -2.18. The molecule has 0 bridgehead atoms. The summed E-state index contributed by atoms with van der Waals surface area (Å²) in [5, 5.41) is 8.62. The average Bonchev–Trinajstić information content (AvgIpc) is 2.93. The lowest BCUT2D eigenvalue weighted by atomic mass is 10.1. The second kappa shape index (κ2) is 8.05. The third-order valence-electron chi connectivity index (χ3n) is 3.21. The molecule has 0 aliphatic rings. The highest BCUT2D eigenvalue weighted by molar-refractivity contribution is 7.99. The highest BCUT2D eigenvalue weighted by atomic mass is 32.2. The molecule has 1 N–H and O–H groups in total. The molecule has 1 aromatic carbocycles. The number of rotatable bonds is 8. The summed E-state index contributed by atoms with van der Waals surface area (Å²) in [6.07, 6.45) is 2.70. The van der Waals surface area contributed by atoms with Crippen molar-refractivity contribution in [2.24, 2.45) is 7.05 Å². The smallest absolute Gasteiger partial charge is 0.185 e. The fourth-order valence-electron chi connectivity index (χ4n) is 2.00. The molecule has 1 aromatic heterocycles. The van der Waals surface area contributed by atoms with Crippen molar-refractivity contribution in [1.29, 1.82) is 0 Å². The molecule has 1 unspecified atom stereocenters. The maximum Gasteiger partial charge on any atom is 0.185 e. The van der Waals surface area contributed by atoms with Gasteiger partial charge < -0.3 is 10.1 Å². The summed E-state index contributed by atoms with van der Waals surface area (Å²) in [5.74, 6) is 1.80. The fraction of sp³-hybridized carbons (Fsp3) is 0.467. The molecule has 2 rings (SSSR count). The summed E-state index contributed by atoms with van der Waals surface area (Å²) < 4.78 is 7.02. The molecule has 2 aromatic rings. The average molecular weight is 306 g/mol. The SMILES string of the molecule is CCCNC(CSc1ncnn1C)c1ccc(OC)cc1. The van der Waals surface area contributed by atoms with E-state index < -0.39 is 0 Å². The molecular weight excluding hydrogens is 284 g/mol. The van der Waals surface area contributed by atoms with E-state index in [9.17, 15) is 0 Å². The summed E-state index contributed by atoms with van der Waals surface area (Å²) in [6.45, 7) is 3.17. The number of nitrogens with zero attached hydrogens (tertiary/aromatic N) is 3. The zero-order valence-electron chi connectivity index (χ0n) is 12.7. The molecule has 0 saturated heterocycles. The standard InChI is InChI=1S/C15H22N4OS/c1-4-9-16-14(10-21-15-17-11-18-19(15)2)12-5-7-13(20-3)8-6-12/h5-8,11,14,16H,4,9-10H2,1-3H3. The van der Waals surface area contributed by atoms with Crippen LogP contribution in [0.2, 0.25) is 0 Å². The van der Waals surface area contributed by atoms with Gasteiger partial charge in [-0.1, -0.05) is 30.8 Å². The fourth-order valence-corrected chi connectivity index (χ4v) is 2.98. The minimum absolute atomic E-state index is 0.289. The van der Waals surface area contributed by atoms with Crippen LogP contribution >= 0.6 is 11.8 Å². The summed E-state index contributed by atoms with van der Waals surface area (Å²) >= 11 is 1.71. The van der Waals surface area contributed by atoms with Gasteiger partial charge in [0.15, 0.2) is 5.16 Å². The van der Waals surface area contributed by atoms with E-state index in [2.05, 4.69) is 34.5 Å². The Morgan fingerprint density at radius 2 is 2.10 bits per heavy atom. The van der Waals surface area contributed by atoms with Crippen molar-refractivity contribution in [3.05, 3.63) is 36.2 Å². The molecule has 0 saturated carbocycles. The molecule has 21 heavy (non-hydrogen) atoms. The predicted molar refractivity (Wildman–Crippen MR) is 85.8 cm³/mol. The predicted octanol–water partition coefficient (Wildman–Crippen LogP) is 2.66. The molecule has 1 heterocycles. The van der Waals surface area contributed by atoms with Crippen LogP contribution in [-0.4, -0.2) is 34.2 Å². The molecule has 6 heteroatoms. The van der Waals surface area contributed by atoms with Crippen molar-refractivity contribution < 1.29 is 4.74 Å². The quantitative estimate of drug-likeness (QED) is 0.760. The molecule has 114 valence electrons. The largest absolute Gasteiger partial charge is 0.497 e. The second-order valence-electron chi connectivity index (χ2n) is 4.76. The molecular formula is C15H22N4OS. The number of benzene rings is 1. The zero-order chi connectivity index (χ0) is 15.1. The van der Waals surface area contributed by atoms with Gasteiger partial charge in [-0.15, -0.1) is 0 Å². The normalized spacial score (nSPS) is 12.3. The Labute approximate surface area is 130 Å². The van der Waals surface area contributed by atoms with E-state index in [1.54, 1.807) is 29.9 Å². The number of hydrogen-bond acceptors (Lipinski definition) is 5. The molecule has 0 radical (unpaired) electrons. The maximum atomic E-state index is 5.22. The van der Waals surface area contributed by atoms with Crippen LogP contribution in [0.15, 0.2) is 35.7 Å². The summed E-state index contributed by atoms with van der Waals surface area (Å²) in [5.41, 5.74) is 1.26. The number of nitrogens with one attached hydrogen (secondary N) is 1. The van der Waals surface area contributed by atoms with Crippen molar-refractivity contribution in [3.63, 3.8) is 0 Å². The van der Waals surface area contributed by atoms with Crippen molar-refractivity contribution in [2.75, 3.05) is 19.4 Å². The number of ether oxygens (including phenoxy) is 1. The van der Waals surface area contributed by atoms with Crippen LogP contribution < -0.4 is 10.1 Å². The van der Waals surface area contributed by atoms with Gasteiger partial charge in [0.05, 0.1) is 7.11 Å². The first-order valence-electron chi connectivity index (χ1n) is 7.08. The van der Waals surface area contributed by atoms with Crippen LogP contribution in [0.5, 0.6) is 5.75 Å². The Morgan fingerprint density at radius 1 is 1.33 bits per heavy atom. The number of aryl methyl sites for hydroxylation is 1. The topological polar surface area (TPSA) is 52.0 Å². The first-order chi connectivity index (χ1) is 10.2. The van der Waals surface area contributed by atoms with E-state index in [0.29, 0.717) is 0 Å². The highest BCUT2D eigenvalue weighted by Crippen LogP contribution is 2.24. The zero-order valence-corrected chi connectivity index (χ0v) is 13.6. The monoisotopic (exact) mass is 306 g/mol. The number of thioether (sulfide) groups is 1. The minimum Gasteiger partial charge on any atom is -0.497 e. The van der Waals surface area contributed by atoms with E-state index in [-0.39, 0.29) is 6.04 Å². The molecule has 0 spiro atoms. The Kier molecular flexibility index (Phi) is 6.07. The molecule has 0 aliphatic heterocycles. The van der Waals surface area contributed by atoms with Crippen LogP contribution in [0, 0.1) is 0 Å². The molecule has 0 amide bonds. The van der Waals surface area contributed by atoms with Gasteiger partial charge in [0.2, 0.25) is 0 Å². The van der Waals surface area contributed by atoms with Gasteiger partial charge >= 0.3 is 0 Å². The maximum absolute atomic E-state index is 5.22. The van der Waals surface area contributed by atoms with Gasteiger partial charge in [-0.25, -0.2) is 9.67 Å². The van der Waals surface area contributed by atoms with E-state index in [4.69, 9.17) is 4.74 Å². The Morgan fingerprint density at radius 3 is 2.67 bits per heavy atom. The number of methoxy groups -OCH3 is 1. The number of hydrogen-bond donors (Lipinski definition) is 1. The third kappa shape index (κ3) is 4.47. The van der Waals surface area contributed by atoms with Crippen molar-refractivity contribution >= 4 is 11.8 Å². The van der Waals surface area contributed by atoms with Gasteiger partial charge in [-0.2, -0.15) is 5.10 Å². The van der Waals surface area contributed by atoms with Crippen LogP contribution in [-0.2, 0) is 7.05 Å². The van der Waals surface area contributed by atoms with Gasteiger partial charge in [0, 0.05) is 18.8 Å². The molecule has 5 nitrogen and oxygen atoms in total. The van der Waals surface area contributed by atoms with Gasteiger partial charge in [0.1, 0.15) is 12.1 Å². The first-order valence-corrected chi connectivity index (χ1v) is 8.07. The minimum atomic E-state index is 0.289. The van der Waals surface area contributed by atoms with E-state index in [1.165, 1.54) is 5.56 Å². The Hall–Kier alpha value is -1.53. The van der Waals surface area contributed by atoms with Crippen LogP contribution in [0.1, 0.15) is 24.9 Å². The van der Waals surface area contributed by atoms with E-state index in [0.717, 1.165) is 29.6 Å². The van der Waals surface area contributed by atoms with Gasteiger partial charge in [-0.05, 0) is 30.7 Å².